The van der Waals surface area contributed by atoms with Gasteiger partial charge in [-0.3, -0.25) is 9.48 Å². The maximum atomic E-state index is 12.0. The van der Waals surface area contributed by atoms with Crippen molar-refractivity contribution in [3.05, 3.63) is 12.4 Å². The summed E-state index contributed by atoms with van der Waals surface area (Å²) in [6.45, 7) is 5.23. The summed E-state index contributed by atoms with van der Waals surface area (Å²) in [5.74, 6) is -0.847. The van der Waals surface area contributed by atoms with Crippen molar-refractivity contribution in [3.8, 4) is 0 Å². The molecule has 20 heavy (non-hydrogen) atoms. The first-order valence-corrected chi connectivity index (χ1v) is 6.61. The molecule has 1 aromatic heterocycles. The number of hydrogen-bond donors (Lipinski definition) is 2. The molecule has 0 unspecified atom stereocenters. The number of carboxylic acid groups (broad SMARTS) is 1. The summed E-state index contributed by atoms with van der Waals surface area (Å²) in [7, 11) is 0. The zero-order valence-corrected chi connectivity index (χ0v) is 11.8. The topological polar surface area (TPSA) is 100 Å². The highest BCUT2D eigenvalue weighted by Crippen LogP contribution is 2.02. The number of hydrogen-bond acceptors (Lipinski definition) is 4. The number of carboxylic acids is 1. The summed E-state index contributed by atoms with van der Waals surface area (Å²) in [5.41, 5.74) is 0. The maximum absolute atomic E-state index is 12.0. The SMILES string of the molecule is CC(C)N(CCCC(=O)O)C(=O)NCCn1ccnn1. The zero-order valence-electron chi connectivity index (χ0n) is 11.8. The predicted molar refractivity (Wildman–Crippen MR) is 72.1 cm³/mol. The molecule has 0 atom stereocenters. The second-order valence-electron chi connectivity index (χ2n) is 4.68. The average molecular weight is 283 g/mol. The van der Waals surface area contributed by atoms with Gasteiger partial charge in [0.25, 0.3) is 0 Å². The molecule has 0 fully saturated rings. The van der Waals surface area contributed by atoms with E-state index >= 15 is 0 Å². The van der Waals surface area contributed by atoms with Crippen LogP contribution < -0.4 is 5.32 Å². The van der Waals surface area contributed by atoms with E-state index in [1.54, 1.807) is 22.0 Å². The van der Waals surface area contributed by atoms with Crippen LogP contribution in [0, 0.1) is 0 Å². The van der Waals surface area contributed by atoms with E-state index in [-0.39, 0.29) is 18.5 Å². The zero-order chi connectivity index (χ0) is 15.0. The van der Waals surface area contributed by atoms with Crippen LogP contribution >= 0.6 is 0 Å². The molecule has 0 saturated carbocycles. The predicted octanol–water partition coefficient (Wildman–Crippen LogP) is 0.563. The number of carbonyl (C=O) groups excluding carboxylic acids is 1. The Labute approximate surface area is 117 Å². The van der Waals surface area contributed by atoms with Gasteiger partial charge < -0.3 is 15.3 Å². The third kappa shape index (κ3) is 5.68. The van der Waals surface area contributed by atoms with Crippen molar-refractivity contribution >= 4 is 12.0 Å². The highest BCUT2D eigenvalue weighted by Gasteiger charge is 2.16. The number of nitrogens with zero attached hydrogens (tertiary/aromatic N) is 4. The number of carbonyl (C=O) groups is 2. The van der Waals surface area contributed by atoms with E-state index in [0.717, 1.165) is 0 Å². The number of amides is 2. The van der Waals surface area contributed by atoms with E-state index in [1.807, 2.05) is 13.8 Å². The third-order valence-corrected chi connectivity index (χ3v) is 2.76. The highest BCUT2D eigenvalue weighted by molar-refractivity contribution is 5.74. The maximum Gasteiger partial charge on any atom is 0.317 e. The lowest BCUT2D eigenvalue weighted by Gasteiger charge is -2.26. The number of rotatable bonds is 8. The molecular formula is C12H21N5O3. The molecule has 0 aliphatic heterocycles. The summed E-state index contributed by atoms with van der Waals surface area (Å²) >= 11 is 0. The quantitative estimate of drug-likeness (QED) is 0.726. The smallest absolute Gasteiger partial charge is 0.317 e. The molecule has 0 aliphatic carbocycles. The summed E-state index contributed by atoms with van der Waals surface area (Å²) in [6, 6.07) is -0.166. The normalized spacial score (nSPS) is 10.6. The summed E-state index contributed by atoms with van der Waals surface area (Å²) in [6.07, 6.45) is 3.81. The van der Waals surface area contributed by atoms with Crippen molar-refractivity contribution < 1.29 is 14.7 Å². The van der Waals surface area contributed by atoms with E-state index in [4.69, 9.17) is 5.11 Å². The fourth-order valence-corrected chi connectivity index (χ4v) is 1.73. The lowest BCUT2D eigenvalue weighted by atomic mass is 10.2. The monoisotopic (exact) mass is 283 g/mol. The molecule has 0 saturated heterocycles. The molecule has 2 N–H and O–H groups in total. The minimum atomic E-state index is -0.847. The lowest BCUT2D eigenvalue weighted by Crippen LogP contribution is -2.45. The van der Waals surface area contributed by atoms with Crippen LogP contribution in [0.5, 0.6) is 0 Å². The summed E-state index contributed by atoms with van der Waals surface area (Å²) in [4.78, 5) is 24.1. The van der Waals surface area contributed by atoms with Gasteiger partial charge in [0.2, 0.25) is 0 Å². The van der Waals surface area contributed by atoms with Gasteiger partial charge in [-0.05, 0) is 20.3 Å². The van der Waals surface area contributed by atoms with Gasteiger partial charge in [-0.1, -0.05) is 5.21 Å². The van der Waals surface area contributed by atoms with E-state index in [0.29, 0.717) is 26.1 Å². The van der Waals surface area contributed by atoms with E-state index < -0.39 is 5.97 Å². The van der Waals surface area contributed by atoms with Crippen LogP contribution in [0.4, 0.5) is 4.79 Å². The average Bonchev–Trinajstić information content (AvgIpc) is 2.86. The second kappa shape index (κ2) is 8.13. The van der Waals surface area contributed by atoms with E-state index in [1.165, 1.54) is 0 Å². The minimum absolute atomic E-state index is 0.0233. The summed E-state index contributed by atoms with van der Waals surface area (Å²) < 4.78 is 1.63. The first-order valence-electron chi connectivity index (χ1n) is 6.61. The Hall–Kier alpha value is -2.12. The highest BCUT2D eigenvalue weighted by atomic mass is 16.4. The first-order chi connectivity index (χ1) is 9.50. The van der Waals surface area contributed by atoms with Gasteiger partial charge in [0.05, 0.1) is 12.7 Å². The number of aliphatic carboxylic acids is 1. The van der Waals surface area contributed by atoms with Crippen molar-refractivity contribution in [2.45, 2.75) is 39.3 Å². The lowest BCUT2D eigenvalue weighted by molar-refractivity contribution is -0.137. The third-order valence-electron chi connectivity index (χ3n) is 2.76. The van der Waals surface area contributed by atoms with Gasteiger partial charge in [-0.15, -0.1) is 5.10 Å². The number of aromatic nitrogens is 3. The standard InChI is InChI=1S/C12H21N5O3/c1-10(2)17(7-3-4-11(18)19)12(20)13-5-8-16-9-6-14-15-16/h6,9-10H,3-5,7-8H2,1-2H3,(H,13,20)(H,18,19). The Balaban J connectivity index is 2.33. The van der Waals surface area contributed by atoms with Crippen molar-refractivity contribution in [3.63, 3.8) is 0 Å². The molecule has 8 heteroatoms. The Morgan fingerprint density at radius 3 is 2.75 bits per heavy atom. The van der Waals surface area contributed by atoms with E-state index in [2.05, 4.69) is 15.6 Å². The largest absolute Gasteiger partial charge is 0.481 e. The molecule has 0 aliphatic rings. The van der Waals surface area contributed by atoms with Gasteiger partial charge in [-0.25, -0.2) is 4.79 Å². The minimum Gasteiger partial charge on any atom is -0.481 e. The van der Waals surface area contributed by atoms with Crippen LogP contribution in [-0.4, -0.2) is 56.1 Å². The Morgan fingerprint density at radius 2 is 2.20 bits per heavy atom. The fourth-order valence-electron chi connectivity index (χ4n) is 1.73. The van der Waals surface area contributed by atoms with Gasteiger partial charge in [0.15, 0.2) is 0 Å². The van der Waals surface area contributed by atoms with Gasteiger partial charge in [0, 0.05) is 31.7 Å². The van der Waals surface area contributed by atoms with Crippen molar-refractivity contribution in [2.24, 2.45) is 0 Å². The van der Waals surface area contributed by atoms with Gasteiger partial charge in [0.1, 0.15) is 0 Å². The molecule has 0 spiro atoms. The second-order valence-corrected chi connectivity index (χ2v) is 4.68. The van der Waals surface area contributed by atoms with Crippen molar-refractivity contribution in [1.82, 2.24) is 25.2 Å². The van der Waals surface area contributed by atoms with Crippen molar-refractivity contribution in [1.29, 1.82) is 0 Å². The van der Waals surface area contributed by atoms with Crippen LogP contribution in [0.15, 0.2) is 12.4 Å². The van der Waals surface area contributed by atoms with Crippen LogP contribution in [0.25, 0.3) is 0 Å². The molecule has 0 bridgehead atoms. The van der Waals surface area contributed by atoms with Gasteiger partial charge >= 0.3 is 12.0 Å². The van der Waals surface area contributed by atoms with Crippen LogP contribution in [0.1, 0.15) is 26.7 Å². The molecule has 1 aromatic rings. The Morgan fingerprint density at radius 1 is 1.45 bits per heavy atom. The Bertz CT molecular complexity index is 419. The number of urea groups is 1. The molecular weight excluding hydrogens is 262 g/mol. The van der Waals surface area contributed by atoms with E-state index in [9.17, 15) is 9.59 Å². The molecule has 0 radical (unpaired) electrons. The molecule has 112 valence electrons. The van der Waals surface area contributed by atoms with Crippen LogP contribution in [0.2, 0.25) is 0 Å². The number of nitrogens with one attached hydrogen (secondary N) is 1. The molecule has 1 rings (SSSR count). The fraction of sp³-hybridized carbons (Fsp3) is 0.667. The van der Waals surface area contributed by atoms with Crippen LogP contribution in [0.3, 0.4) is 0 Å². The molecule has 8 nitrogen and oxygen atoms in total. The van der Waals surface area contributed by atoms with Crippen molar-refractivity contribution in [2.75, 3.05) is 13.1 Å². The first kappa shape index (κ1) is 15.9. The molecule has 1 heterocycles. The van der Waals surface area contributed by atoms with Crippen LogP contribution in [-0.2, 0) is 11.3 Å². The molecule has 2 amide bonds. The van der Waals surface area contributed by atoms with Gasteiger partial charge in [-0.2, -0.15) is 0 Å². The molecule has 0 aromatic carbocycles. The summed E-state index contributed by atoms with van der Waals surface area (Å²) in [5, 5.41) is 18.9. The Kier molecular flexibility index (Phi) is 6.48.